The van der Waals surface area contributed by atoms with Crippen LogP contribution in [0.2, 0.25) is 0 Å². The standard InChI is InChI=1S/C21H20N2O3/c1-13-10-14(2)20(15(3)11-13)26-21(25)19-18(24)12-16(4)23(22-19)17-8-6-5-7-9-17/h5-12H,1-4H3. The Morgan fingerprint density at radius 2 is 1.58 bits per heavy atom. The summed E-state index contributed by atoms with van der Waals surface area (Å²) in [6.07, 6.45) is 0. The molecule has 0 spiro atoms. The van der Waals surface area contributed by atoms with Crippen molar-refractivity contribution in [3.63, 3.8) is 0 Å². The third-order valence-corrected chi connectivity index (χ3v) is 4.10. The fourth-order valence-electron chi connectivity index (χ4n) is 2.99. The summed E-state index contributed by atoms with van der Waals surface area (Å²) in [7, 11) is 0. The van der Waals surface area contributed by atoms with Gasteiger partial charge in [-0.2, -0.15) is 5.10 Å². The van der Waals surface area contributed by atoms with Crippen LogP contribution in [-0.4, -0.2) is 15.7 Å². The summed E-state index contributed by atoms with van der Waals surface area (Å²) in [6, 6.07) is 14.6. The number of para-hydroxylation sites is 1. The first-order chi connectivity index (χ1) is 12.4. The number of carbonyl (C=O) groups excluding carboxylic acids is 1. The molecule has 2 aromatic carbocycles. The number of hydrogen-bond acceptors (Lipinski definition) is 4. The van der Waals surface area contributed by atoms with Crippen molar-refractivity contribution < 1.29 is 9.53 Å². The number of ether oxygens (including phenoxy) is 1. The molecular formula is C21H20N2O3. The molecule has 26 heavy (non-hydrogen) atoms. The van der Waals surface area contributed by atoms with Crippen LogP contribution in [0.15, 0.2) is 53.3 Å². The number of benzene rings is 2. The molecule has 5 nitrogen and oxygen atoms in total. The predicted octanol–water partition coefficient (Wildman–Crippen LogP) is 3.69. The largest absolute Gasteiger partial charge is 0.421 e. The number of rotatable bonds is 3. The molecular weight excluding hydrogens is 328 g/mol. The van der Waals surface area contributed by atoms with Crippen molar-refractivity contribution in [2.45, 2.75) is 27.7 Å². The Kier molecular flexibility index (Phi) is 4.71. The van der Waals surface area contributed by atoms with Crippen LogP contribution in [0.1, 0.15) is 32.9 Å². The molecule has 0 N–H and O–H groups in total. The second kappa shape index (κ2) is 6.96. The van der Waals surface area contributed by atoms with Gasteiger partial charge in [-0.05, 0) is 51.0 Å². The Bertz CT molecular complexity index is 1010. The number of nitrogens with zero attached hydrogens (tertiary/aromatic N) is 2. The highest BCUT2D eigenvalue weighted by Crippen LogP contribution is 2.25. The van der Waals surface area contributed by atoms with Crippen LogP contribution in [0.4, 0.5) is 0 Å². The van der Waals surface area contributed by atoms with Gasteiger partial charge in [0.2, 0.25) is 11.1 Å². The fourth-order valence-corrected chi connectivity index (χ4v) is 2.99. The highest BCUT2D eigenvalue weighted by Gasteiger charge is 2.19. The molecule has 3 aromatic rings. The molecule has 5 heteroatoms. The van der Waals surface area contributed by atoms with Gasteiger partial charge in [-0.25, -0.2) is 9.48 Å². The molecule has 0 amide bonds. The maximum absolute atomic E-state index is 12.6. The van der Waals surface area contributed by atoms with Crippen LogP contribution in [0, 0.1) is 27.7 Å². The summed E-state index contributed by atoms with van der Waals surface area (Å²) in [5.74, 6) is -0.289. The molecule has 1 heterocycles. The first kappa shape index (κ1) is 17.6. The minimum Gasteiger partial charge on any atom is -0.421 e. The molecule has 0 bridgehead atoms. The van der Waals surface area contributed by atoms with Gasteiger partial charge in [0, 0.05) is 11.8 Å². The van der Waals surface area contributed by atoms with Gasteiger partial charge in [-0.1, -0.05) is 35.9 Å². The van der Waals surface area contributed by atoms with Gasteiger partial charge >= 0.3 is 5.97 Å². The second-order valence-electron chi connectivity index (χ2n) is 6.36. The van der Waals surface area contributed by atoms with Gasteiger partial charge < -0.3 is 4.74 Å². The number of hydrogen-bond donors (Lipinski definition) is 0. The highest BCUT2D eigenvalue weighted by atomic mass is 16.5. The molecule has 0 radical (unpaired) electrons. The van der Waals surface area contributed by atoms with E-state index >= 15 is 0 Å². The lowest BCUT2D eigenvalue weighted by Gasteiger charge is -2.13. The van der Waals surface area contributed by atoms with Crippen LogP contribution >= 0.6 is 0 Å². The summed E-state index contributed by atoms with van der Waals surface area (Å²) in [5, 5.41) is 4.24. The van der Waals surface area contributed by atoms with Gasteiger partial charge in [0.05, 0.1) is 5.69 Å². The van der Waals surface area contributed by atoms with Crippen molar-refractivity contribution in [1.82, 2.24) is 9.78 Å². The van der Waals surface area contributed by atoms with Crippen molar-refractivity contribution in [3.05, 3.63) is 86.8 Å². The van der Waals surface area contributed by atoms with E-state index < -0.39 is 11.4 Å². The lowest BCUT2D eigenvalue weighted by molar-refractivity contribution is 0.0722. The number of carbonyl (C=O) groups is 1. The van der Waals surface area contributed by atoms with Crippen LogP contribution < -0.4 is 10.2 Å². The SMILES string of the molecule is Cc1cc(C)c(OC(=O)c2nn(-c3ccccc3)c(C)cc2=O)c(C)c1. The van der Waals surface area contributed by atoms with Crippen molar-refractivity contribution in [3.8, 4) is 11.4 Å². The van der Waals surface area contributed by atoms with Gasteiger partial charge in [0.1, 0.15) is 5.75 Å². The zero-order valence-electron chi connectivity index (χ0n) is 15.2. The van der Waals surface area contributed by atoms with E-state index in [4.69, 9.17) is 4.74 Å². The average molecular weight is 348 g/mol. The summed E-state index contributed by atoms with van der Waals surface area (Å²) in [4.78, 5) is 24.9. The molecule has 0 unspecified atom stereocenters. The second-order valence-corrected chi connectivity index (χ2v) is 6.36. The van der Waals surface area contributed by atoms with Crippen LogP contribution in [0.3, 0.4) is 0 Å². The molecule has 0 aliphatic carbocycles. The van der Waals surface area contributed by atoms with E-state index in [1.54, 1.807) is 11.6 Å². The lowest BCUT2D eigenvalue weighted by Crippen LogP contribution is -2.26. The van der Waals surface area contributed by atoms with E-state index in [9.17, 15) is 9.59 Å². The van der Waals surface area contributed by atoms with Crippen LogP contribution in [0.5, 0.6) is 5.75 Å². The van der Waals surface area contributed by atoms with E-state index in [1.807, 2.05) is 63.2 Å². The average Bonchev–Trinajstić information content (AvgIpc) is 2.58. The monoisotopic (exact) mass is 348 g/mol. The van der Waals surface area contributed by atoms with E-state index in [-0.39, 0.29) is 5.69 Å². The first-order valence-corrected chi connectivity index (χ1v) is 8.33. The van der Waals surface area contributed by atoms with E-state index in [1.165, 1.54) is 6.07 Å². The molecule has 0 saturated carbocycles. The van der Waals surface area contributed by atoms with E-state index in [2.05, 4.69) is 5.10 Å². The maximum atomic E-state index is 12.6. The van der Waals surface area contributed by atoms with Crippen LogP contribution in [-0.2, 0) is 0 Å². The summed E-state index contributed by atoms with van der Waals surface area (Å²) < 4.78 is 7.08. The van der Waals surface area contributed by atoms with E-state index in [0.717, 1.165) is 22.4 Å². The summed E-state index contributed by atoms with van der Waals surface area (Å²) >= 11 is 0. The Morgan fingerprint density at radius 3 is 2.19 bits per heavy atom. The highest BCUT2D eigenvalue weighted by molar-refractivity contribution is 5.89. The number of aryl methyl sites for hydroxylation is 4. The fraction of sp³-hybridized carbons (Fsp3) is 0.190. The summed E-state index contributed by atoms with van der Waals surface area (Å²) in [5.41, 5.74) is 3.47. The lowest BCUT2D eigenvalue weighted by atomic mass is 10.1. The van der Waals surface area contributed by atoms with Gasteiger partial charge in [0.25, 0.3) is 0 Å². The topological polar surface area (TPSA) is 61.2 Å². The molecule has 0 saturated heterocycles. The van der Waals surface area contributed by atoms with E-state index in [0.29, 0.717) is 11.4 Å². The third-order valence-electron chi connectivity index (χ3n) is 4.10. The molecule has 0 atom stereocenters. The van der Waals surface area contributed by atoms with Gasteiger partial charge in [-0.3, -0.25) is 4.79 Å². The normalized spacial score (nSPS) is 10.6. The predicted molar refractivity (Wildman–Crippen MR) is 100 cm³/mol. The first-order valence-electron chi connectivity index (χ1n) is 8.33. The third kappa shape index (κ3) is 3.42. The molecule has 0 aliphatic heterocycles. The number of aromatic nitrogens is 2. The van der Waals surface area contributed by atoms with Gasteiger partial charge in [-0.15, -0.1) is 0 Å². The van der Waals surface area contributed by atoms with Gasteiger partial charge in [0.15, 0.2) is 0 Å². The zero-order valence-corrected chi connectivity index (χ0v) is 15.2. The minimum absolute atomic E-state index is 0.237. The molecule has 132 valence electrons. The minimum atomic E-state index is -0.755. The van der Waals surface area contributed by atoms with Crippen molar-refractivity contribution >= 4 is 5.97 Å². The zero-order chi connectivity index (χ0) is 18.8. The molecule has 3 rings (SSSR count). The molecule has 0 fully saturated rings. The van der Waals surface area contributed by atoms with Crippen molar-refractivity contribution in [2.24, 2.45) is 0 Å². The van der Waals surface area contributed by atoms with Crippen molar-refractivity contribution in [1.29, 1.82) is 0 Å². The Morgan fingerprint density at radius 1 is 0.962 bits per heavy atom. The number of esters is 1. The maximum Gasteiger partial charge on any atom is 0.368 e. The Balaban J connectivity index is 2.02. The smallest absolute Gasteiger partial charge is 0.368 e. The Labute approximate surface area is 151 Å². The quantitative estimate of drug-likeness (QED) is 0.535. The summed E-state index contributed by atoms with van der Waals surface area (Å²) in [6.45, 7) is 7.48. The molecule has 1 aromatic heterocycles. The van der Waals surface area contributed by atoms with Crippen molar-refractivity contribution in [2.75, 3.05) is 0 Å². The van der Waals surface area contributed by atoms with Crippen LogP contribution in [0.25, 0.3) is 5.69 Å². The molecule has 0 aliphatic rings. The Hall–Kier alpha value is -3.21.